The van der Waals surface area contributed by atoms with Gasteiger partial charge in [0.2, 0.25) is 0 Å². The zero-order valence-electron chi connectivity index (χ0n) is 13.3. The van der Waals surface area contributed by atoms with Gasteiger partial charge >= 0.3 is 5.69 Å². The summed E-state index contributed by atoms with van der Waals surface area (Å²) in [6, 6.07) is 11.2. The van der Waals surface area contributed by atoms with Crippen molar-refractivity contribution in [1.82, 2.24) is 15.0 Å². The van der Waals surface area contributed by atoms with Crippen molar-refractivity contribution in [2.24, 2.45) is 0 Å². The number of aromatic nitrogens is 3. The Bertz CT molecular complexity index is 1150. The van der Waals surface area contributed by atoms with E-state index in [2.05, 4.69) is 26.3 Å². The maximum absolute atomic E-state index is 12.5. The number of benzene rings is 2. The Hall–Kier alpha value is -3.28. The quantitative estimate of drug-likeness (QED) is 0.456. The molecule has 0 radical (unpaired) electrons. The molecule has 0 saturated heterocycles. The number of anilines is 1. The minimum atomic E-state index is -0.269. The number of H-pyrrole nitrogens is 3. The van der Waals surface area contributed by atoms with Gasteiger partial charge in [-0.1, -0.05) is 6.07 Å². The minimum Gasteiger partial charge on any atom is -0.351 e. The molecule has 4 aromatic rings. The molecular formula is C18H16N4O2. The maximum atomic E-state index is 12.5. The summed E-state index contributed by atoms with van der Waals surface area (Å²) in [6.07, 6.45) is 0. The summed E-state index contributed by atoms with van der Waals surface area (Å²) in [5.41, 5.74) is 5.44. The predicted octanol–water partition coefficient (Wildman–Crippen LogP) is 3.21. The van der Waals surface area contributed by atoms with Gasteiger partial charge in [-0.05, 0) is 55.3 Å². The molecule has 2 aromatic heterocycles. The Labute approximate surface area is 136 Å². The number of carbonyl (C=O) groups excluding carboxylic acids is 1. The van der Waals surface area contributed by atoms with E-state index >= 15 is 0 Å². The number of fused-ring (bicyclic) bond motifs is 2. The van der Waals surface area contributed by atoms with Crippen molar-refractivity contribution in [3.05, 3.63) is 63.7 Å². The van der Waals surface area contributed by atoms with E-state index in [1.54, 1.807) is 18.2 Å². The van der Waals surface area contributed by atoms with Gasteiger partial charge in [-0.25, -0.2) is 4.79 Å². The number of imidazole rings is 1. The Morgan fingerprint density at radius 1 is 0.917 bits per heavy atom. The first-order valence-electron chi connectivity index (χ1n) is 7.63. The normalized spacial score (nSPS) is 11.2. The van der Waals surface area contributed by atoms with E-state index in [9.17, 15) is 9.59 Å². The lowest BCUT2D eigenvalue weighted by Crippen LogP contribution is -2.12. The van der Waals surface area contributed by atoms with Crippen LogP contribution in [0.2, 0.25) is 0 Å². The third kappa shape index (κ3) is 2.38. The zero-order valence-corrected chi connectivity index (χ0v) is 13.3. The lowest BCUT2D eigenvalue weighted by molar-refractivity contribution is 0.102. The lowest BCUT2D eigenvalue weighted by atomic mass is 10.1. The lowest BCUT2D eigenvalue weighted by Gasteiger charge is -2.03. The van der Waals surface area contributed by atoms with Gasteiger partial charge in [-0.2, -0.15) is 0 Å². The van der Waals surface area contributed by atoms with Gasteiger partial charge in [0, 0.05) is 16.6 Å². The number of aryl methyl sites for hydroxylation is 2. The minimum absolute atomic E-state index is 0.222. The molecule has 1 amide bonds. The van der Waals surface area contributed by atoms with Crippen molar-refractivity contribution >= 4 is 33.5 Å². The molecule has 2 aromatic carbocycles. The predicted molar refractivity (Wildman–Crippen MR) is 94.6 cm³/mol. The molecule has 6 heteroatoms. The van der Waals surface area contributed by atoms with E-state index in [4.69, 9.17) is 0 Å². The Kier molecular flexibility index (Phi) is 3.06. The van der Waals surface area contributed by atoms with Crippen molar-refractivity contribution in [2.75, 3.05) is 5.32 Å². The molecule has 6 nitrogen and oxygen atoms in total. The molecule has 2 heterocycles. The molecule has 0 aliphatic carbocycles. The summed E-state index contributed by atoms with van der Waals surface area (Å²) < 4.78 is 0. The van der Waals surface area contributed by atoms with Crippen LogP contribution < -0.4 is 11.0 Å². The highest BCUT2D eigenvalue weighted by Crippen LogP contribution is 2.22. The SMILES string of the molecule is Cc1cc(C)c2cc(C(=O)Nc3ccc4[nH]c(=O)[nH]c4c3)[nH]c2c1. The Morgan fingerprint density at radius 3 is 2.54 bits per heavy atom. The van der Waals surface area contributed by atoms with Crippen LogP contribution in [0.15, 0.2) is 41.2 Å². The molecule has 4 rings (SSSR count). The highest BCUT2D eigenvalue weighted by molar-refractivity contribution is 6.06. The molecule has 0 aliphatic rings. The smallest absolute Gasteiger partial charge is 0.323 e. The highest BCUT2D eigenvalue weighted by Gasteiger charge is 2.12. The zero-order chi connectivity index (χ0) is 16.8. The summed E-state index contributed by atoms with van der Waals surface area (Å²) in [5.74, 6) is -0.222. The largest absolute Gasteiger partial charge is 0.351 e. The van der Waals surface area contributed by atoms with Crippen LogP contribution in [0, 0.1) is 13.8 Å². The van der Waals surface area contributed by atoms with Gasteiger partial charge in [0.1, 0.15) is 5.69 Å². The van der Waals surface area contributed by atoms with Crippen LogP contribution in [0.4, 0.5) is 5.69 Å². The second-order valence-corrected chi connectivity index (χ2v) is 6.02. The number of nitrogens with one attached hydrogen (secondary N) is 4. The van der Waals surface area contributed by atoms with Gasteiger partial charge in [0.15, 0.2) is 0 Å². The van der Waals surface area contributed by atoms with E-state index < -0.39 is 0 Å². The van der Waals surface area contributed by atoms with E-state index in [0.717, 1.165) is 22.0 Å². The fourth-order valence-corrected chi connectivity index (χ4v) is 3.03. The first-order chi connectivity index (χ1) is 11.5. The van der Waals surface area contributed by atoms with Crippen molar-refractivity contribution < 1.29 is 4.79 Å². The molecule has 0 atom stereocenters. The Balaban J connectivity index is 1.67. The summed E-state index contributed by atoms with van der Waals surface area (Å²) in [7, 11) is 0. The van der Waals surface area contributed by atoms with Crippen molar-refractivity contribution in [2.45, 2.75) is 13.8 Å². The fourth-order valence-electron chi connectivity index (χ4n) is 3.03. The number of carbonyl (C=O) groups is 1. The average molecular weight is 320 g/mol. The molecule has 0 aliphatic heterocycles. The van der Waals surface area contributed by atoms with E-state index in [-0.39, 0.29) is 11.6 Å². The molecule has 4 N–H and O–H groups in total. The average Bonchev–Trinajstić information content (AvgIpc) is 3.09. The number of rotatable bonds is 2. The van der Waals surface area contributed by atoms with Crippen molar-refractivity contribution in [3.63, 3.8) is 0 Å². The first kappa shape index (κ1) is 14.3. The third-order valence-electron chi connectivity index (χ3n) is 4.11. The van der Waals surface area contributed by atoms with Crippen LogP contribution in [0.1, 0.15) is 21.6 Å². The standard InChI is InChI=1S/C18H16N4O2/c1-9-5-10(2)12-8-16(20-14(12)6-9)17(23)19-11-3-4-13-15(7-11)22-18(24)21-13/h3-8,20H,1-2H3,(H,19,23)(H2,21,22,24). The highest BCUT2D eigenvalue weighted by atomic mass is 16.2. The van der Waals surface area contributed by atoms with Crippen LogP contribution >= 0.6 is 0 Å². The van der Waals surface area contributed by atoms with E-state index in [1.807, 2.05) is 26.0 Å². The first-order valence-corrected chi connectivity index (χ1v) is 7.63. The topological polar surface area (TPSA) is 93.5 Å². The summed E-state index contributed by atoms with van der Waals surface area (Å²) >= 11 is 0. The number of aromatic amines is 3. The van der Waals surface area contributed by atoms with Gasteiger partial charge < -0.3 is 20.3 Å². The van der Waals surface area contributed by atoms with E-state index in [0.29, 0.717) is 22.4 Å². The number of hydrogen-bond acceptors (Lipinski definition) is 2. The third-order valence-corrected chi connectivity index (χ3v) is 4.11. The molecule has 0 bridgehead atoms. The molecule has 24 heavy (non-hydrogen) atoms. The number of amides is 1. The summed E-state index contributed by atoms with van der Waals surface area (Å²) in [5, 5.41) is 3.89. The van der Waals surface area contributed by atoms with Crippen LogP contribution in [0.3, 0.4) is 0 Å². The monoisotopic (exact) mass is 320 g/mol. The molecule has 120 valence electrons. The van der Waals surface area contributed by atoms with Crippen LogP contribution in [0.25, 0.3) is 21.9 Å². The molecule has 0 unspecified atom stereocenters. The van der Waals surface area contributed by atoms with Crippen molar-refractivity contribution in [3.8, 4) is 0 Å². The molecule has 0 fully saturated rings. The number of hydrogen-bond donors (Lipinski definition) is 4. The van der Waals surface area contributed by atoms with Gasteiger partial charge in [0.05, 0.1) is 11.0 Å². The molecule has 0 saturated carbocycles. The van der Waals surface area contributed by atoms with Crippen LogP contribution in [-0.4, -0.2) is 20.9 Å². The van der Waals surface area contributed by atoms with Gasteiger partial charge in [0.25, 0.3) is 5.91 Å². The fraction of sp³-hybridized carbons (Fsp3) is 0.111. The van der Waals surface area contributed by atoms with Gasteiger partial charge in [-0.3, -0.25) is 4.79 Å². The molecule has 0 spiro atoms. The Morgan fingerprint density at radius 2 is 1.71 bits per heavy atom. The summed E-state index contributed by atoms with van der Waals surface area (Å²) in [4.78, 5) is 32.3. The van der Waals surface area contributed by atoms with Crippen LogP contribution in [-0.2, 0) is 0 Å². The van der Waals surface area contributed by atoms with Crippen LogP contribution in [0.5, 0.6) is 0 Å². The van der Waals surface area contributed by atoms with Crippen molar-refractivity contribution in [1.29, 1.82) is 0 Å². The van der Waals surface area contributed by atoms with Gasteiger partial charge in [-0.15, -0.1) is 0 Å². The second-order valence-electron chi connectivity index (χ2n) is 6.02. The summed E-state index contributed by atoms with van der Waals surface area (Å²) in [6.45, 7) is 4.06. The molecular weight excluding hydrogens is 304 g/mol. The maximum Gasteiger partial charge on any atom is 0.323 e. The van der Waals surface area contributed by atoms with E-state index in [1.165, 1.54) is 0 Å². The second kappa shape index (κ2) is 5.13.